The largest absolute Gasteiger partial charge is 0.493 e. The number of H-pyrrole nitrogens is 2. The summed E-state index contributed by atoms with van der Waals surface area (Å²) >= 11 is 0. The molecule has 1 heterocycles. The van der Waals surface area contributed by atoms with Crippen molar-refractivity contribution < 1.29 is 9.47 Å². The normalized spacial score (nSPS) is 15.4. The van der Waals surface area contributed by atoms with E-state index in [-0.39, 0.29) is 11.8 Å². The monoisotopic (exact) mass is 274 g/mol. The van der Waals surface area contributed by atoms with Crippen LogP contribution in [-0.2, 0) is 0 Å². The first-order valence-electron chi connectivity index (χ1n) is 6.89. The Morgan fingerprint density at radius 3 is 2.65 bits per heavy atom. The van der Waals surface area contributed by atoms with Gasteiger partial charge in [0.1, 0.15) is 0 Å². The van der Waals surface area contributed by atoms with Crippen molar-refractivity contribution in [3.05, 3.63) is 34.9 Å². The molecule has 0 aliphatic heterocycles. The summed E-state index contributed by atoms with van der Waals surface area (Å²) in [6, 6.07) is 5.68. The lowest BCUT2D eigenvalue weighted by Crippen LogP contribution is -2.11. The fourth-order valence-electron chi connectivity index (χ4n) is 2.61. The van der Waals surface area contributed by atoms with Crippen molar-refractivity contribution in [2.24, 2.45) is 0 Å². The number of nitrogens with one attached hydrogen (secondary N) is 2. The van der Waals surface area contributed by atoms with Crippen LogP contribution in [0.2, 0.25) is 0 Å². The van der Waals surface area contributed by atoms with Crippen molar-refractivity contribution in [3.63, 3.8) is 0 Å². The molecule has 0 atom stereocenters. The van der Waals surface area contributed by atoms with Crippen LogP contribution in [0.15, 0.2) is 29.2 Å². The Labute approximate surface area is 116 Å². The number of benzene rings is 1. The second kappa shape index (κ2) is 5.45. The smallest absolute Gasteiger partial charge is 0.323 e. The number of hydrogen-bond donors (Lipinski definition) is 2. The minimum absolute atomic E-state index is 0.214. The molecular formula is C15H18N2O3. The molecule has 106 valence electrons. The van der Waals surface area contributed by atoms with E-state index in [2.05, 4.69) is 9.97 Å². The zero-order valence-corrected chi connectivity index (χ0v) is 11.4. The second-order valence-electron chi connectivity index (χ2n) is 5.05. The van der Waals surface area contributed by atoms with Crippen molar-refractivity contribution in [2.45, 2.75) is 31.8 Å². The minimum Gasteiger partial charge on any atom is -0.493 e. The molecule has 0 saturated heterocycles. The van der Waals surface area contributed by atoms with Crippen molar-refractivity contribution in [1.82, 2.24) is 9.97 Å². The van der Waals surface area contributed by atoms with Gasteiger partial charge in [-0.15, -0.1) is 0 Å². The SMILES string of the molecule is COc1ccc(-c2c[nH]c(=O)[nH]2)cc1OC1CCCC1. The van der Waals surface area contributed by atoms with Crippen LogP contribution < -0.4 is 15.2 Å². The van der Waals surface area contributed by atoms with E-state index in [0.717, 1.165) is 35.6 Å². The van der Waals surface area contributed by atoms with Crippen LogP contribution in [0.3, 0.4) is 0 Å². The first kappa shape index (κ1) is 12.8. The summed E-state index contributed by atoms with van der Waals surface area (Å²) in [5.74, 6) is 1.46. The molecular weight excluding hydrogens is 256 g/mol. The maximum absolute atomic E-state index is 11.2. The standard InChI is InChI=1S/C15H18N2O3/c1-19-13-7-6-10(12-9-16-15(18)17-12)8-14(13)20-11-4-2-3-5-11/h6-9,11H,2-5H2,1H3,(H2,16,17,18). The topological polar surface area (TPSA) is 67.1 Å². The Morgan fingerprint density at radius 1 is 1.20 bits per heavy atom. The first-order valence-corrected chi connectivity index (χ1v) is 6.89. The van der Waals surface area contributed by atoms with Gasteiger partial charge in [0.15, 0.2) is 11.5 Å². The molecule has 2 N–H and O–H groups in total. The molecule has 3 rings (SSSR count). The van der Waals surface area contributed by atoms with Gasteiger partial charge < -0.3 is 19.4 Å². The van der Waals surface area contributed by atoms with E-state index in [4.69, 9.17) is 9.47 Å². The molecule has 1 fully saturated rings. The summed E-state index contributed by atoms with van der Waals surface area (Å²) in [5, 5.41) is 0. The lowest BCUT2D eigenvalue weighted by molar-refractivity contribution is 0.201. The lowest BCUT2D eigenvalue weighted by atomic mass is 10.1. The molecule has 1 aliphatic carbocycles. The average molecular weight is 274 g/mol. The fourth-order valence-corrected chi connectivity index (χ4v) is 2.61. The highest BCUT2D eigenvalue weighted by Gasteiger charge is 2.19. The molecule has 1 aliphatic rings. The van der Waals surface area contributed by atoms with Gasteiger partial charge >= 0.3 is 5.69 Å². The van der Waals surface area contributed by atoms with Crippen LogP contribution in [-0.4, -0.2) is 23.2 Å². The predicted molar refractivity (Wildman–Crippen MR) is 76.3 cm³/mol. The number of rotatable bonds is 4. The summed E-state index contributed by atoms with van der Waals surface area (Å²) < 4.78 is 11.4. The predicted octanol–water partition coefficient (Wildman–Crippen LogP) is 2.70. The van der Waals surface area contributed by atoms with Crippen LogP contribution in [0.1, 0.15) is 25.7 Å². The van der Waals surface area contributed by atoms with Gasteiger partial charge in [0.25, 0.3) is 0 Å². The Balaban J connectivity index is 1.91. The fraction of sp³-hybridized carbons (Fsp3) is 0.400. The van der Waals surface area contributed by atoms with Gasteiger partial charge in [-0.1, -0.05) is 0 Å². The highest BCUT2D eigenvalue weighted by atomic mass is 16.5. The molecule has 2 aromatic rings. The highest BCUT2D eigenvalue weighted by molar-refractivity contribution is 5.63. The number of methoxy groups -OCH3 is 1. The zero-order chi connectivity index (χ0) is 13.9. The third-order valence-electron chi connectivity index (χ3n) is 3.67. The minimum atomic E-state index is -0.214. The van der Waals surface area contributed by atoms with Crippen LogP contribution in [0, 0.1) is 0 Å². The Kier molecular flexibility index (Phi) is 3.50. The number of hydrogen-bond acceptors (Lipinski definition) is 3. The zero-order valence-electron chi connectivity index (χ0n) is 11.4. The quantitative estimate of drug-likeness (QED) is 0.900. The van der Waals surface area contributed by atoms with E-state index in [1.165, 1.54) is 12.8 Å². The number of imidazole rings is 1. The summed E-state index contributed by atoms with van der Waals surface area (Å²) in [6.45, 7) is 0. The van der Waals surface area contributed by atoms with E-state index < -0.39 is 0 Å². The molecule has 0 radical (unpaired) electrons. The van der Waals surface area contributed by atoms with Gasteiger partial charge in [-0.25, -0.2) is 4.79 Å². The van der Waals surface area contributed by atoms with Gasteiger partial charge in [0.05, 0.1) is 18.9 Å². The van der Waals surface area contributed by atoms with Crippen molar-refractivity contribution >= 4 is 0 Å². The molecule has 5 heteroatoms. The highest BCUT2D eigenvalue weighted by Crippen LogP contribution is 2.34. The third kappa shape index (κ3) is 2.57. The summed E-state index contributed by atoms with van der Waals surface area (Å²) in [4.78, 5) is 16.5. The van der Waals surface area contributed by atoms with Gasteiger partial charge in [-0.2, -0.15) is 0 Å². The van der Waals surface area contributed by atoms with Crippen molar-refractivity contribution in [2.75, 3.05) is 7.11 Å². The van der Waals surface area contributed by atoms with E-state index in [1.54, 1.807) is 13.3 Å². The molecule has 5 nitrogen and oxygen atoms in total. The van der Waals surface area contributed by atoms with Crippen molar-refractivity contribution in [1.29, 1.82) is 0 Å². The Morgan fingerprint density at radius 2 is 2.00 bits per heavy atom. The Hall–Kier alpha value is -2.17. The van der Waals surface area contributed by atoms with Gasteiger partial charge in [-0.3, -0.25) is 0 Å². The van der Waals surface area contributed by atoms with Gasteiger partial charge in [-0.05, 0) is 43.9 Å². The van der Waals surface area contributed by atoms with Crippen LogP contribution >= 0.6 is 0 Å². The summed E-state index contributed by atoms with van der Waals surface area (Å²) in [6.07, 6.45) is 6.55. The van der Waals surface area contributed by atoms with Gasteiger partial charge in [0.2, 0.25) is 0 Å². The van der Waals surface area contributed by atoms with Crippen LogP contribution in [0.5, 0.6) is 11.5 Å². The molecule has 0 unspecified atom stereocenters. The molecule has 20 heavy (non-hydrogen) atoms. The lowest BCUT2D eigenvalue weighted by Gasteiger charge is -2.16. The van der Waals surface area contributed by atoms with Crippen LogP contribution in [0.25, 0.3) is 11.3 Å². The molecule has 0 bridgehead atoms. The molecule has 1 aromatic carbocycles. The molecule has 1 saturated carbocycles. The number of aromatic amines is 2. The van der Waals surface area contributed by atoms with Gasteiger partial charge in [0, 0.05) is 11.8 Å². The maximum atomic E-state index is 11.2. The molecule has 0 spiro atoms. The Bertz CT molecular complexity index is 639. The molecule has 1 aromatic heterocycles. The summed E-state index contributed by atoms with van der Waals surface area (Å²) in [7, 11) is 1.63. The summed E-state index contributed by atoms with van der Waals surface area (Å²) in [5.41, 5.74) is 1.43. The number of aromatic nitrogens is 2. The van der Waals surface area contributed by atoms with E-state index in [9.17, 15) is 4.79 Å². The number of ether oxygens (including phenoxy) is 2. The third-order valence-corrected chi connectivity index (χ3v) is 3.67. The van der Waals surface area contributed by atoms with E-state index in [0.29, 0.717) is 0 Å². The maximum Gasteiger partial charge on any atom is 0.323 e. The average Bonchev–Trinajstić information content (AvgIpc) is 3.10. The van der Waals surface area contributed by atoms with E-state index >= 15 is 0 Å². The second-order valence-corrected chi connectivity index (χ2v) is 5.05. The van der Waals surface area contributed by atoms with Crippen molar-refractivity contribution in [3.8, 4) is 22.8 Å². The van der Waals surface area contributed by atoms with E-state index in [1.807, 2.05) is 18.2 Å². The molecule has 0 amide bonds. The van der Waals surface area contributed by atoms with Crippen LogP contribution in [0.4, 0.5) is 0 Å². The first-order chi connectivity index (χ1) is 9.76.